The Bertz CT molecular complexity index is 1230. The second kappa shape index (κ2) is 12.5. The highest BCUT2D eigenvalue weighted by Gasteiger charge is 2.40. The van der Waals surface area contributed by atoms with Crippen LogP contribution in [0.5, 0.6) is 11.5 Å². The molecule has 1 aliphatic heterocycles. The molecule has 0 aromatic heterocycles. The van der Waals surface area contributed by atoms with Crippen molar-refractivity contribution in [2.75, 3.05) is 19.8 Å². The van der Waals surface area contributed by atoms with Crippen molar-refractivity contribution in [2.24, 2.45) is 0 Å². The number of nitrogens with zero attached hydrogens (tertiary/aromatic N) is 1. The summed E-state index contributed by atoms with van der Waals surface area (Å²) < 4.78 is 16.9. The molecule has 2 aromatic carbocycles. The molecule has 37 heavy (non-hydrogen) atoms. The third-order valence-electron chi connectivity index (χ3n) is 5.84. The fraction of sp³-hybridized carbons (Fsp3) is 0.345. The van der Waals surface area contributed by atoms with E-state index in [4.69, 9.17) is 26.4 Å². The largest absolute Gasteiger partial charge is 0.490 e. The van der Waals surface area contributed by atoms with Crippen LogP contribution in [-0.4, -0.2) is 41.7 Å². The first-order valence-electron chi connectivity index (χ1n) is 12.4. The molecule has 196 valence electrons. The van der Waals surface area contributed by atoms with E-state index in [9.17, 15) is 9.59 Å². The minimum Gasteiger partial charge on any atom is -0.490 e. The number of carbonyl (C=O) groups is 2. The Balaban J connectivity index is 2.16. The van der Waals surface area contributed by atoms with Gasteiger partial charge in [-0.15, -0.1) is 0 Å². The summed E-state index contributed by atoms with van der Waals surface area (Å²) in [6.07, 6.45) is 1.81. The average Bonchev–Trinajstić information content (AvgIpc) is 2.86. The summed E-state index contributed by atoms with van der Waals surface area (Å²) in [6, 6.07) is 12.4. The number of allylic oxidation sites excluding steroid dienone is 1. The van der Waals surface area contributed by atoms with Crippen LogP contribution in [0.25, 0.3) is 6.08 Å². The van der Waals surface area contributed by atoms with Crippen LogP contribution >= 0.6 is 12.2 Å². The predicted octanol–water partition coefficient (Wildman–Crippen LogP) is 5.49. The summed E-state index contributed by atoms with van der Waals surface area (Å²) in [6.45, 7) is 12.1. The van der Waals surface area contributed by atoms with E-state index in [-0.39, 0.29) is 17.6 Å². The van der Waals surface area contributed by atoms with E-state index in [0.717, 1.165) is 11.1 Å². The van der Waals surface area contributed by atoms with Gasteiger partial charge in [-0.2, -0.15) is 0 Å². The normalized spacial score (nSPS) is 15.8. The van der Waals surface area contributed by atoms with E-state index in [0.29, 0.717) is 47.1 Å². The lowest BCUT2D eigenvalue weighted by atomic mass is 9.92. The van der Waals surface area contributed by atoms with Crippen molar-refractivity contribution >= 4 is 35.3 Å². The molecule has 2 aromatic rings. The van der Waals surface area contributed by atoms with Crippen molar-refractivity contribution < 1.29 is 23.8 Å². The maximum atomic E-state index is 13.9. The lowest BCUT2D eigenvalue weighted by molar-refractivity contribution is -0.139. The van der Waals surface area contributed by atoms with Crippen LogP contribution in [0.4, 0.5) is 0 Å². The topological polar surface area (TPSA) is 77.1 Å². The third kappa shape index (κ3) is 6.38. The average molecular weight is 523 g/mol. The van der Waals surface area contributed by atoms with E-state index < -0.39 is 12.0 Å². The molecule has 0 saturated heterocycles. The van der Waals surface area contributed by atoms with E-state index in [1.807, 2.05) is 51.1 Å². The van der Waals surface area contributed by atoms with E-state index in [1.54, 1.807) is 39.0 Å². The molecular weight excluding hydrogens is 488 g/mol. The Morgan fingerprint density at radius 1 is 0.973 bits per heavy atom. The molecular formula is C29H34N2O5S. The Kier molecular flexibility index (Phi) is 9.47. The first kappa shape index (κ1) is 27.9. The van der Waals surface area contributed by atoms with Gasteiger partial charge in [0.25, 0.3) is 5.91 Å². The van der Waals surface area contributed by atoms with Gasteiger partial charge < -0.3 is 19.5 Å². The molecule has 1 heterocycles. The molecule has 7 nitrogen and oxygen atoms in total. The monoisotopic (exact) mass is 522 g/mol. The number of aryl methyl sites for hydroxylation is 1. The van der Waals surface area contributed by atoms with Crippen LogP contribution in [-0.2, 0) is 14.3 Å². The van der Waals surface area contributed by atoms with Gasteiger partial charge in [0.1, 0.15) is 0 Å². The zero-order valence-electron chi connectivity index (χ0n) is 22.2. The molecule has 0 fully saturated rings. The van der Waals surface area contributed by atoms with E-state index in [2.05, 4.69) is 5.32 Å². The zero-order valence-corrected chi connectivity index (χ0v) is 23.0. The number of ether oxygens (including phenoxy) is 3. The lowest BCUT2D eigenvalue weighted by Crippen LogP contribution is -2.51. The number of hydrogen-bond acceptors (Lipinski definition) is 6. The van der Waals surface area contributed by atoms with Crippen molar-refractivity contribution in [3.05, 3.63) is 76.0 Å². The van der Waals surface area contributed by atoms with E-state index in [1.165, 1.54) is 4.90 Å². The fourth-order valence-corrected chi connectivity index (χ4v) is 4.48. The van der Waals surface area contributed by atoms with E-state index >= 15 is 0 Å². The van der Waals surface area contributed by atoms with Gasteiger partial charge in [-0.05, 0) is 83.1 Å². The summed E-state index contributed by atoms with van der Waals surface area (Å²) in [7, 11) is 0. The number of amides is 1. The second-order valence-electron chi connectivity index (χ2n) is 8.58. The molecule has 8 heteroatoms. The number of thiocarbonyl (C=S) groups is 1. The Hall–Kier alpha value is -3.65. The maximum absolute atomic E-state index is 13.9. The minimum absolute atomic E-state index is 0.195. The molecule has 3 rings (SSSR count). The van der Waals surface area contributed by atoms with Gasteiger partial charge in [-0.1, -0.05) is 35.9 Å². The molecule has 0 aliphatic carbocycles. The number of rotatable bonds is 9. The number of nitrogens with one attached hydrogen (secondary N) is 1. The van der Waals surface area contributed by atoms with Crippen molar-refractivity contribution in [3.8, 4) is 11.5 Å². The second-order valence-corrected chi connectivity index (χ2v) is 8.96. The van der Waals surface area contributed by atoms with Crippen LogP contribution < -0.4 is 14.8 Å². The first-order chi connectivity index (χ1) is 17.7. The van der Waals surface area contributed by atoms with Crippen LogP contribution in [0.15, 0.2) is 59.3 Å². The fourth-order valence-electron chi connectivity index (χ4n) is 4.14. The summed E-state index contributed by atoms with van der Waals surface area (Å²) in [4.78, 5) is 28.5. The predicted molar refractivity (Wildman–Crippen MR) is 148 cm³/mol. The van der Waals surface area contributed by atoms with Gasteiger partial charge in [0.05, 0.1) is 31.4 Å². The highest BCUT2D eigenvalue weighted by molar-refractivity contribution is 7.80. The smallest absolute Gasteiger partial charge is 0.338 e. The number of hydrogen-bond donors (Lipinski definition) is 1. The number of benzene rings is 2. The van der Waals surface area contributed by atoms with Crippen LogP contribution in [0.3, 0.4) is 0 Å². The summed E-state index contributed by atoms with van der Waals surface area (Å²) >= 11 is 5.64. The highest BCUT2D eigenvalue weighted by Crippen LogP contribution is 2.39. The molecule has 1 atom stereocenters. The first-order valence-corrected chi connectivity index (χ1v) is 12.8. The zero-order chi connectivity index (χ0) is 27.1. The molecule has 1 amide bonds. The van der Waals surface area contributed by atoms with Crippen LogP contribution in [0.2, 0.25) is 0 Å². The van der Waals surface area contributed by atoms with Gasteiger partial charge >= 0.3 is 5.97 Å². The Morgan fingerprint density at radius 2 is 1.62 bits per heavy atom. The van der Waals surface area contributed by atoms with Gasteiger partial charge in [-0.3, -0.25) is 9.69 Å². The van der Waals surface area contributed by atoms with Gasteiger partial charge in [0, 0.05) is 11.3 Å². The molecule has 0 spiro atoms. The summed E-state index contributed by atoms with van der Waals surface area (Å²) in [5.41, 5.74) is 3.97. The number of carbonyl (C=O) groups excluding carboxylic acids is 2. The van der Waals surface area contributed by atoms with Crippen LogP contribution in [0, 0.1) is 6.92 Å². The lowest BCUT2D eigenvalue weighted by Gasteiger charge is -2.38. The molecule has 0 radical (unpaired) electrons. The van der Waals surface area contributed by atoms with Gasteiger partial charge in [0.15, 0.2) is 16.6 Å². The highest BCUT2D eigenvalue weighted by atomic mass is 32.1. The van der Waals surface area contributed by atoms with Crippen LogP contribution in [0.1, 0.15) is 57.4 Å². The molecule has 1 aliphatic rings. The maximum Gasteiger partial charge on any atom is 0.338 e. The SMILES string of the molecule is CCOC(=O)C1=C(C)NC(=S)N(C(=O)/C(C)=C/c2ccc(C)cc2)C1c1ccc(OCC)c(OCC)c1. The van der Waals surface area contributed by atoms with Crippen molar-refractivity contribution in [1.29, 1.82) is 0 Å². The summed E-state index contributed by atoms with van der Waals surface area (Å²) in [5.74, 6) is 0.247. The Morgan fingerprint density at radius 3 is 2.24 bits per heavy atom. The van der Waals surface area contributed by atoms with Crippen molar-refractivity contribution in [1.82, 2.24) is 10.2 Å². The van der Waals surface area contributed by atoms with Gasteiger partial charge in [-0.25, -0.2) is 4.79 Å². The molecule has 0 bridgehead atoms. The van der Waals surface area contributed by atoms with Gasteiger partial charge in [0.2, 0.25) is 0 Å². The standard InChI is InChI=1S/C29H34N2O5S/c1-7-34-23-15-14-22(17-24(23)35-8-2)26-25(28(33)36-9-3)20(6)30-29(37)31(26)27(32)19(5)16-21-12-10-18(4)11-13-21/h10-17,26H,7-9H2,1-6H3,(H,30,37)/b19-16+. The van der Waals surface area contributed by atoms with Crippen molar-refractivity contribution in [2.45, 2.75) is 47.6 Å². The van der Waals surface area contributed by atoms with Crippen molar-refractivity contribution in [3.63, 3.8) is 0 Å². The molecule has 0 saturated carbocycles. The number of esters is 1. The Labute approximate surface area is 224 Å². The molecule has 1 unspecified atom stereocenters. The third-order valence-corrected chi connectivity index (χ3v) is 6.14. The quantitative estimate of drug-likeness (QED) is 0.265. The minimum atomic E-state index is -0.823. The summed E-state index contributed by atoms with van der Waals surface area (Å²) in [5, 5.41) is 3.23. The molecule has 1 N–H and O–H groups in total.